The first-order chi connectivity index (χ1) is 8.81. The molecule has 1 aromatic rings. The second-order valence-electron chi connectivity index (χ2n) is 4.86. The summed E-state index contributed by atoms with van der Waals surface area (Å²) in [5.41, 5.74) is 0. The Bertz CT molecular complexity index is 348. The first kappa shape index (κ1) is 13.4. The molecule has 0 aromatic carbocycles. The van der Waals surface area contributed by atoms with Crippen molar-refractivity contribution in [3.8, 4) is 0 Å². The standard InChI is InChI=1S/C12H23N5O/c1-3-7-13-10(2)12-14-15-16-17(12)8-6-11-5-4-9-18-11/h10-11,13H,3-9H2,1-2H3. The third-order valence-corrected chi connectivity index (χ3v) is 3.33. The van der Waals surface area contributed by atoms with Gasteiger partial charge in [-0.2, -0.15) is 0 Å². The molecule has 0 aliphatic carbocycles. The van der Waals surface area contributed by atoms with Crippen LogP contribution in [0.2, 0.25) is 0 Å². The summed E-state index contributed by atoms with van der Waals surface area (Å²) in [5, 5.41) is 15.4. The summed E-state index contributed by atoms with van der Waals surface area (Å²) in [7, 11) is 0. The minimum absolute atomic E-state index is 0.199. The Hall–Kier alpha value is -1.01. The van der Waals surface area contributed by atoms with E-state index in [1.54, 1.807) is 0 Å². The van der Waals surface area contributed by atoms with Crippen LogP contribution in [0.5, 0.6) is 0 Å². The zero-order valence-corrected chi connectivity index (χ0v) is 11.3. The Kier molecular flexibility index (Phi) is 5.07. The number of hydrogen-bond acceptors (Lipinski definition) is 5. The maximum absolute atomic E-state index is 5.62. The van der Waals surface area contributed by atoms with Crippen molar-refractivity contribution in [1.82, 2.24) is 25.5 Å². The Balaban J connectivity index is 1.86. The SMILES string of the molecule is CCCNC(C)c1nnnn1CCC1CCCO1. The van der Waals surface area contributed by atoms with Gasteiger partial charge in [0.1, 0.15) is 0 Å². The first-order valence-corrected chi connectivity index (χ1v) is 6.92. The van der Waals surface area contributed by atoms with Crippen LogP contribution in [-0.4, -0.2) is 39.5 Å². The lowest BCUT2D eigenvalue weighted by atomic mass is 10.2. The fraction of sp³-hybridized carbons (Fsp3) is 0.917. The van der Waals surface area contributed by atoms with Crippen LogP contribution in [0.4, 0.5) is 0 Å². The van der Waals surface area contributed by atoms with Crippen molar-refractivity contribution < 1.29 is 4.74 Å². The molecule has 2 unspecified atom stereocenters. The molecule has 2 heterocycles. The lowest BCUT2D eigenvalue weighted by Gasteiger charge is -2.14. The van der Waals surface area contributed by atoms with E-state index in [2.05, 4.69) is 34.7 Å². The van der Waals surface area contributed by atoms with E-state index in [-0.39, 0.29) is 6.04 Å². The lowest BCUT2D eigenvalue weighted by molar-refractivity contribution is 0.0989. The van der Waals surface area contributed by atoms with Crippen molar-refractivity contribution in [3.63, 3.8) is 0 Å². The van der Waals surface area contributed by atoms with Crippen LogP contribution in [-0.2, 0) is 11.3 Å². The molecular weight excluding hydrogens is 230 g/mol. The molecule has 0 amide bonds. The molecule has 6 nitrogen and oxygen atoms in total. The van der Waals surface area contributed by atoms with E-state index in [4.69, 9.17) is 4.74 Å². The molecule has 2 rings (SSSR count). The second-order valence-corrected chi connectivity index (χ2v) is 4.86. The van der Waals surface area contributed by atoms with Crippen molar-refractivity contribution in [2.45, 2.75) is 58.2 Å². The number of tetrazole rings is 1. The second kappa shape index (κ2) is 6.80. The van der Waals surface area contributed by atoms with Gasteiger partial charge in [0.2, 0.25) is 0 Å². The predicted molar refractivity (Wildman–Crippen MR) is 68.1 cm³/mol. The highest BCUT2D eigenvalue weighted by atomic mass is 16.5. The van der Waals surface area contributed by atoms with E-state index in [9.17, 15) is 0 Å². The van der Waals surface area contributed by atoms with Gasteiger partial charge in [0.15, 0.2) is 5.82 Å². The number of rotatable bonds is 7. The minimum Gasteiger partial charge on any atom is -0.378 e. The Morgan fingerprint density at radius 2 is 2.44 bits per heavy atom. The average molecular weight is 253 g/mol. The number of aromatic nitrogens is 4. The van der Waals surface area contributed by atoms with Crippen LogP contribution in [0.25, 0.3) is 0 Å². The first-order valence-electron chi connectivity index (χ1n) is 6.92. The molecule has 1 aliphatic rings. The summed E-state index contributed by atoms with van der Waals surface area (Å²) in [6, 6.07) is 0.199. The van der Waals surface area contributed by atoms with Crippen LogP contribution in [0.1, 0.15) is 51.4 Å². The number of aryl methyl sites for hydroxylation is 1. The van der Waals surface area contributed by atoms with Gasteiger partial charge in [0.25, 0.3) is 0 Å². The molecule has 1 saturated heterocycles. The fourth-order valence-electron chi connectivity index (χ4n) is 2.27. The van der Waals surface area contributed by atoms with E-state index >= 15 is 0 Å². The summed E-state index contributed by atoms with van der Waals surface area (Å²) >= 11 is 0. The smallest absolute Gasteiger partial charge is 0.167 e. The van der Waals surface area contributed by atoms with Gasteiger partial charge in [-0.15, -0.1) is 5.10 Å². The maximum atomic E-state index is 5.62. The fourth-order valence-corrected chi connectivity index (χ4v) is 2.27. The zero-order chi connectivity index (χ0) is 12.8. The highest BCUT2D eigenvalue weighted by Gasteiger charge is 2.18. The molecule has 0 saturated carbocycles. The van der Waals surface area contributed by atoms with Crippen LogP contribution in [0, 0.1) is 0 Å². The van der Waals surface area contributed by atoms with Crippen LogP contribution in [0.15, 0.2) is 0 Å². The van der Waals surface area contributed by atoms with Gasteiger partial charge in [0, 0.05) is 13.2 Å². The molecule has 2 atom stereocenters. The Morgan fingerprint density at radius 3 is 3.17 bits per heavy atom. The molecule has 1 fully saturated rings. The summed E-state index contributed by atoms with van der Waals surface area (Å²) in [6.45, 7) is 6.98. The van der Waals surface area contributed by atoms with Gasteiger partial charge in [0.05, 0.1) is 12.1 Å². The van der Waals surface area contributed by atoms with E-state index in [0.717, 1.165) is 38.4 Å². The summed E-state index contributed by atoms with van der Waals surface area (Å²) in [4.78, 5) is 0. The minimum atomic E-state index is 0.199. The van der Waals surface area contributed by atoms with E-state index in [1.165, 1.54) is 12.8 Å². The van der Waals surface area contributed by atoms with Gasteiger partial charge >= 0.3 is 0 Å². The summed E-state index contributed by atoms with van der Waals surface area (Å²) in [6.07, 6.45) is 4.85. The molecule has 1 N–H and O–H groups in total. The summed E-state index contributed by atoms with van der Waals surface area (Å²) < 4.78 is 7.52. The highest BCUT2D eigenvalue weighted by Crippen LogP contribution is 2.16. The number of nitrogens with zero attached hydrogens (tertiary/aromatic N) is 4. The molecule has 0 spiro atoms. The molecule has 0 radical (unpaired) electrons. The van der Waals surface area contributed by atoms with Crippen molar-refractivity contribution >= 4 is 0 Å². The average Bonchev–Trinajstić information content (AvgIpc) is 3.03. The summed E-state index contributed by atoms with van der Waals surface area (Å²) in [5.74, 6) is 0.918. The molecule has 102 valence electrons. The number of ether oxygens (including phenoxy) is 1. The Morgan fingerprint density at radius 1 is 1.56 bits per heavy atom. The molecule has 1 aliphatic heterocycles. The molecule has 6 heteroatoms. The third kappa shape index (κ3) is 3.49. The molecule has 0 bridgehead atoms. The molecular formula is C12H23N5O. The lowest BCUT2D eigenvalue weighted by Crippen LogP contribution is -2.24. The van der Waals surface area contributed by atoms with Crippen molar-refractivity contribution in [2.24, 2.45) is 0 Å². The highest BCUT2D eigenvalue weighted by molar-refractivity contribution is 4.89. The monoisotopic (exact) mass is 253 g/mol. The van der Waals surface area contributed by atoms with Crippen LogP contribution in [0.3, 0.4) is 0 Å². The molecule has 1 aromatic heterocycles. The maximum Gasteiger partial charge on any atom is 0.167 e. The van der Waals surface area contributed by atoms with Crippen molar-refractivity contribution in [3.05, 3.63) is 5.82 Å². The topological polar surface area (TPSA) is 64.9 Å². The quantitative estimate of drug-likeness (QED) is 0.793. The van der Waals surface area contributed by atoms with E-state index < -0.39 is 0 Å². The van der Waals surface area contributed by atoms with Gasteiger partial charge in [-0.25, -0.2) is 4.68 Å². The van der Waals surface area contributed by atoms with Crippen molar-refractivity contribution in [2.75, 3.05) is 13.2 Å². The van der Waals surface area contributed by atoms with E-state index in [1.807, 2.05) is 4.68 Å². The number of hydrogen-bond donors (Lipinski definition) is 1. The Labute approximate surface area is 108 Å². The normalized spacial score (nSPS) is 21.3. The zero-order valence-electron chi connectivity index (χ0n) is 11.3. The van der Waals surface area contributed by atoms with E-state index in [0.29, 0.717) is 6.10 Å². The molecule has 18 heavy (non-hydrogen) atoms. The number of nitrogens with one attached hydrogen (secondary N) is 1. The largest absolute Gasteiger partial charge is 0.378 e. The van der Waals surface area contributed by atoms with Crippen molar-refractivity contribution in [1.29, 1.82) is 0 Å². The van der Waals surface area contributed by atoms with Gasteiger partial charge in [-0.05, 0) is 49.6 Å². The van der Waals surface area contributed by atoms with Gasteiger partial charge in [-0.1, -0.05) is 6.92 Å². The van der Waals surface area contributed by atoms with Gasteiger partial charge < -0.3 is 10.1 Å². The predicted octanol–water partition coefficient (Wildman–Crippen LogP) is 1.30. The third-order valence-electron chi connectivity index (χ3n) is 3.33. The van der Waals surface area contributed by atoms with Gasteiger partial charge in [-0.3, -0.25) is 0 Å². The van der Waals surface area contributed by atoms with Crippen LogP contribution >= 0.6 is 0 Å². The van der Waals surface area contributed by atoms with Crippen LogP contribution < -0.4 is 5.32 Å².